The largest absolute Gasteiger partial charge is 0.333 e. The Hall–Kier alpha value is -2.83. The van der Waals surface area contributed by atoms with Crippen molar-refractivity contribution in [2.45, 2.75) is 73.3 Å². The molecule has 0 fully saturated rings. The van der Waals surface area contributed by atoms with Gasteiger partial charge in [0.2, 0.25) is 5.91 Å². The maximum absolute atomic E-state index is 13.0. The van der Waals surface area contributed by atoms with E-state index in [1.54, 1.807) is 9.58 Å². The third-order valence-electron chi connectivity index (χ3n) is 4.78. The first kappa shape index (κ1) is 25.4. The number of aromatic nitrogens is 2. The van der Waals surface area contributed by atoms with Crippen molar-refractivity contribution in [2.24, 2.45) is 5.92 Å². The van der Waals surface area contributed by atoms with Crippen LogP contribution in [0.3, 0.4) is 0 Å². The summed E-state index contributed by atoms with van der Waals surface area (Å²) < 4.78 is 1.77. The van der Waals surface area contributed by atoms with Crippen LogP contribution >= 0.6 is 0 Å². The van der Waals surface area contributed by atoms with Crippen molar-refractivity contribution in [2.75, 3.05) is 18.4 Å². The fourth-order valence-electron chi connectivity index (χ4n) is 3.24. The van der Waals surface area contributed by atoms with E-state index < -0.39 is 0 Å². The van der Waals surface area contributed by atoms with E-state index in [-0.39, 0.29) is 35.4 Å². The molecule has 0 unspecified atom stereocenters. The van der Waals surface area contributed by atoms with Crippen LogP contribution in [0.25, 0.3) is 5.69 Å². The number of amides is 3. The summed E-state index contributed by atoms with van der Waals surface area (Å²) in [5, 5.41) is 10.7. The number of nitrogens with zero attached hydrogens (tertiary/aromatic N) is 3. The van der Waals surface area contributed by atoms with Crippen molar-refractivity contribution >= 4 is 17.8 Å². The quantitative estimate of drug-likeness (QED) is 0.670. The fraction of sp³-hybridized carbons (Fsp3) is 0.560. The molecule has 0 saturated carbocycles. The van der Waals surface area contributed by atoms with Crippen molar-refractivity contribution in [1.29, 1.82) is 0 Å². The lowest BCUT2D eigenvalue weighted by Crippen LogP contribution is -2.51. The van der Waals surface area contributed by atoms with E-state index in [0.29, 0.717) is 12.4 Å². The van der Waals surface area contributed by atoms with Crippen LogP contribution < -0.4 is 10.6 Å². The molecule has 3 amide bonds. The minimum atomic E-state index is -0.381. The minimum absolute atomic E-state index is 0.0378. The molecule has 0 aliphatic carbocycles. The van der Waals surface area contributed by atoms with Crippen molar-refractivity contribution in [3.8, 4) is 5.69 Å². The van der Waals surface area contributed by atoms with Gasteiger partial charge in [-0.15, -0.1) is 0 Å². The standard InChI is InChI=1S/C25H39N5O2/c1-17(2)15-29(23(32)27-25(7,8)9)16-22(31)26-21-14-20(24(4,5)6)28-30(21)19-13-11-10-12-18(19)3/h10-14,17H,15-16H2,1-9H3,(H,26,31)(H,27,32). The van der Waals surface area contributed by atoms with Gasteiger partial charge in [-0.3, -0.25) is 4.79 Å². The molecule has 0 radical (unpaired) electrons. The third-order valence-corrected chi connectivity index (χ3v) is 4.78. The highest BCUT2D eigenvalue weighted by molar-refractivity contribution is 5.94. The van der Waals surface area contributed by atoms with Gasteiger partial charge in [0.1, 0.15) is 12.4 Å². The molecule has 2 aromatic rings. The van der Waals surface area contributed by atoms with E-state index in [4.69, 9.17) is 5.10 Å². The Bertz CT molecular complexity index is 948. The average molecular weight is 442 g/mol. The molecule has 2 rings (SSSR count). The SMILES string of the molecule is Cc1ccccc1-n1nc(C(C)(C)C)cc1NC(=O)CN(CC(C)C)C(=O)NC(C)(C)C. The smallest absolute Gasteiger partial charge is 0.318 e. The first-order chi connectivity index (χ1) is 14.7. The number of anilines is 1. The minimum Gasteiger partial charge on any atom is -0.333 e. The van der Waals surface area contributed by atoms with Gasteiger partial charge in [0.05, 0.1) is 11.4 Å². The van der Waals surface area contributed by atoms with Crippen LogP contribution in [-0.2, 0) is 10.2 Å². The summed E-state index contributed by atoms with van der Waals surface area (Å²) in [5.74, 6) is 0.568. The topological polar surface area (TPSA) is 79.3 Å². The monoisotopic (exact) mass is 441 g/mol. The number of carbonyl (C=O) groups excluding carboxylic acids is 2. The summed E-state index contributed by atoms with van der Waals surface area (Å²) in [6.07, 6.45) is 0. The highest BCUT2D eigenvalue weighted by Crippen LogP contribution is 2.27. The molecule has 1 heterocycles. The van der Waals surface area contributed by atoms with E-state index in [2.05, 4.69) is 31.4 Å². The average Bonchev–Trinajstić information content (AvgIpc) is 3.03. The number of hydrogen-bond acceptors (Lipinski definition) is 3. The Balaban J connectivity index is 2.31. The van der Waals surface area contributed by atoms with E-state index in [1.165, 1.54) is 0 Å². The Morgan fingerprint density at radius 1 is 1.09 bits per heavy atom. The second-order valence-corrected chi connectivity index (χ2v) is 10.9. The van der Waals surface area contributed by atoms with Crippen LogP contribution in [0.1, 0.15) is 66.6 Å². The lowest BCUT2D eigenvalue weighted by atomic mass is 9.92. The van der Waals surface area contributed by atoms with Crippen molar-refractivity contribution in [1.82, 2.24) is 20.0 Å². The first-order valence-corrected chi connectivity index (χ1v) is 11.2. The number of hydrogen-bond donors (Lipinski definition) is 2. The van der Waals surface area contributed by atoms with Crippen molar-refractivity contribution in [3.05, 3.63) is 41.6 Å². The number of para-hydroxylation sites is 1. The molecule has 176 valence electrons. The number of nitrogens with one attached hydrogen (secondary N) is 2. The first-order valence-electron chi connectivity index (χ1n) is 11.2. The Labute approximate surface area is 192 Å². The molecular formula is C25H39N5O2. The van der Waals surface area contributed by atoms with E-state index in [9.17, 15) is 9.59 Å². The van der Waals surface area contributed by atoms with Crippen LogP contribution in [0.4, 0.5) is 10.6 Å². The fourth-order valence-corrected chi connectivity index (χ4v) is 3.24. The second kappa shape index (κ2) is 9.76. The molecular weight excluding hydrogens is 402 g/mol. The summed E-state index contributed by atoms with van der Waals surface area (Å²) in [4.78, 5) is 27.4. The number of urea groups is 1. The van der Waals surface area contributed by atoms with Crippen LogP contribution in [0, 0.1) is 12.8 Å². The number of benzene rings is 1. The van der Waals surface area contributed by atoms with Crippen molar-refractivity contribution in [3.63, 3.8) is 0 Å². The van der Waals surface area contributed by atoms with E-state index >= 15 is 0 Å². The molecule has 0 spiro atoms. The van der Waals surface area contributed by atoms with Gasteiger partial charge in [0, 0.05) is 23.6 Å². The molecule has 0 bridgehead atoms. The molecule has 0 aliphatic heterocycles. The number of rotatable bonds is 6. The molecule has 7 heteroatoms. The van der Waals surface area contributed by atoms with E-state index in [0.717, 1.165) is 16.9 Å². The molecule has 0 aliphatic rings. The molecule has 0 saturated heterocycles. The molecule has 1 aromatic carbocycles. The van der Waals surface area contributed by atoms with E-state index in [1.807, 2.05) is 71.9 Å². The molecule has 2 N–H and O–H groups in total. The lowest BCUT2D eigenvalue weighted by Gasteiger charge is -2.29. The molecule has 7 nitrogen and oxygen atoms in total. The predicted molar refractivity (Wildman–Crippen MR) is 130 cm³/mol. The zero-order valence-electron chi connectivity index (χ0n) is 21.0. The molecule has 0 atom stereocenters. The van der Waals surface area contributed by atoms with Crippen molar-refractivity contribution < 1.29 is 9.59 Å². The van der Waals surface area contributed by atoms with Gasteiger partial charge in [-0.1, -0.05) is 52.8 Å². The Morgan fingerprint density at radius 3 is 2.25 bits per heavy atom. The third kappa shape index (κ3) is 7.11. The Kier molecular flexibility index (Phi) is 7.75. The van der Waals surface area contributed by atoms with Gasteiger partial charge in [-0.05, 0) is 45.2 Å². The molecule has 32 heavy (non-hydrogen) atoms. The van der Waals surface area contributed by atoms with Crippen LogP contribution in [0.15, 0.2) is 30.3 Å². The van der Waals surface area contributed by atoms with Crippen LogP contribution in [0.5, 0.6) is 0 Å². The zero-order chi connectivity index (χ0) is 24.3. The number of carbonyl (C=O) groups is 2. The summed E-state index contributed by atoms with van der Waals surface area (Å²) in [5.41, 5.74) is 2.28. The van der Waals surface area contributed by atoms with Gasteiger partial charge in [-0.25, -0.2) is 9.48 Å². The van der Waals surface area contributed by atoms with Gasteiger partial charge < -0.3 is 15.5 Å². The predicted octanol–water partition coefficient (Wildman–Crippen LogP) is 4.88. The zero-order valence-corrected chi connectivity index (χ0v) is 21.0. The normalized spacial score (nSPS) is 12.1. The van der Waals surface area contributed by atoms with Crippen LogP contribution in [0.2, 0.25) is 0 Å². The van der Waals surface area contributed by atoms with Crippen LogP contribution in [-0.4, -0.2) is 45.2 Å². The molecule has 1 aromatic heterocycles. The maximum atomic E-state index is 13.0. The lowest BCUT2D eigenvalue weighted by molar-refractivity contribution is -0.116. The summed E-state index contributed by atoms with van der Waals surface area (Å²) in [6.45, 7) is 18.5. The summed E-state index contributed by atoms with van der Waals surface area (Å²) >= 11 is 0. The number of aryl methyl sites for hydroxylation is 1. The highest BCUT2D eigenvalue weighted by Gasteiger charge is 2.25. The highest BCUT2D eigenvalue weighted by atomic mass is 16.2. The maximum Gasteiger partial charge on any atom is 0.318 e. The second-order valence-electron chi connectivity index (χ2n) is 10.9. The van der Waals surface area contributed by atoms with Gasteiger partial charge in [0.25, 0.3) is 0 Å². The van der Waals surface area contributed by atoms with Gasteiger partial charge in [0.15, 0.2) is 0 Å². The Morgan fingerprint density at radius 2 is 1.72 bits per heavy atom. The van der Waals surface area contributed by atoms with Gasteiger partial charge in [-0.2, -0.15) is 5.10 Å². The van der Waals surface area contributed by atoms with Gasteiger partial charge >= 0.3 is 6.03 Å². The summed E-state index contributed by atoms with van der Waals surface area (Å²) in [7, 11) is 0. The summed E-state index contributed by atoms with van der Waals surface area (Å²) in [6, 6.07) is 9.58.